The summed E-state index contributed by atoms with van der Waals surface area (Å²) in [5.41, 5.74) is 2.07. The number of methoxy groups -OCH3 is 2. The fourth-order valence-electron chi connectivity index (χ4n) is 3.45. The maximum absolute atomic E-state index is 12.5. The summed E-state index contributed by atoms with van der Waals surface area (Å²) in [6.07, 6.45) is 0. The van der Waals surface area contributed by atoms with Gasteiger partial charge in [0.15, 0.2) is 17.4 Å². The minimum absolute atomic E-state index is 0.145. The minimum Gasteiger partial charge on any atom is -0.502 e. The average molecular weight is 364 g/mol. The second-order valence-corrected chi connectivity index (χ2v) is 6.11. The van der Waals surface area contributed by atoms with Gasteiger partial charge in [-0.15, -0.1) is 0 Å². The monoisotopic (exact) mass is 364 g/mol. The highest BCUT2D eigenvalue weighted by molar-refractivity contribution is 5.97. The molecular weight excluding hydrogens is 348 g/mol. The number of nitrogens with one attached hydrogen (secondary N) is 1. The van der Waals surface area contributed by atoms with Gasteiger partial charge in [0.2, 0.25) is 17.6 Å². The van der Waals surface area contributed by atoms with Crippen molar-refractivity contribution in [2.75, 3.05) is 19.5 Å². The number of hydrogen-bond acceptors (Lipinski definition) is 6. The van der Waals surface area contributed by atoms with Crippen LogP contribution in [0.2, 0.25) is 0 Å². The second-order valence-electron chi connectivity index (χ2n) is 6.11. The molecule has 1 aliphatic rings. The standard InChI is InChI=1S/C19H16N4O4/c1-26-14-7-10(8-15(27-2)17(14)24)16-11(9-20)18(25)22-19-21-12-5-3-4-6-13(12)23(16)19/h3-8,11,16,24H,1-2H3,(H,21,22,25)/t11-,16-/m1/s1. The van der Waals surface area contributed by atoms with E-state index in [1.54, 1.807) is 12.1 Å². The van der Waals surface area contributed by atoms with Crippen molar-refractivity contribution in [1.82, 2.24) is 9.55 Å². The van der Waals surface area contributed by atoms with E-state index >= 15 is 0 Å². The van der Waals surface area contributed by atoms with E-state index < -0.39 is 17.9 Å². The summed E-state index contributed by atoms with van der Waals surface area (Å²) in [6, 6.07) is 12.1. The number of phenolic OH excluding ortho intramolecular Hbond substituents is 1. The van der Waals surface area contributed by atoms with Crippen LogP contribution in [0, 0.1) is 17.2 Å². The van der Waals surface area contributed by atoms with Crippen molar-refractivity contribution in [2.24, 2.45) is 5.92 Å². The number of aromatic nitrogens is 2. The van der Waals surface area contributed by atoms with Crippen LogP contribution in [0.1, 0.15) is 11.6 Å². The Hall–Kier alpha value is -3.73. The molecule has 2 N–H and O–H groups in total. The molecule has 8 heteroatoms. The van der Waals surface area contributed by atoms with Gasteiger partial charge in [-0.3, -0.25) is 10.1 Å². The third-order valence-electron chi connectivity index (χ3n) is 4.69. The van der Waals surface area contributed by atoms with Crippen molar-refractivity contribution >= 4 is 22.9 Å². The molecule has 0 bridgehead atoms. The number of aromatic hydroxyl groups is 1. The van der Waals surface area contributed by atoms with E-state index in [0.717, 1.165) is 5.52 Å². The first kappa shape index (κ1) is 16.7. The molecule has 0 unspecified atom stereocenters. The number of anilines is 1. The fraction of sp³-hybridized carbons (Fsp3) is 0.211. The number of phenols is 1. The topological polar surface area (TPSA) is 109 Å². The maximum Gasteiger partial charge on any atom is 0.246 e. The zero-order valence-corrected chi connectivity index (χ0v) is 14.6. The number of nitriles is 1. The van der Waals surface area contributed by atoms with E-state index in [-0.39, 0.29) is 17.2 Å². The third kappa shape index (κ3) is 2.44. The van der Waals surface area contributed by atoms with Crippen LogP contribution >= 0.6 is 0 Å². The fourth-order valence-corrected chi connectivity index (χ4v) is 3.45. The van der Waals surface area contributed by atoms with Gasteiger partial charge in [-0.05, 0) is 29.8 Å². The lowest BCUT2D eigenvalue weighted by atomic mass is 9.91. The predicted molar refractivity (Wildman–Crippen MR) is 96.8 cm³/mol. The number of para-hydroxylation sites is 2. The van der Waals surface area contributed by atoms with E-state index in [1.807, 2.05) is 28.8 Å². The smallest absolute Gasteiger partial charge is 0.246 e. The Bertz CT molecular complexity index is 1070. The third-order valence-corrected chi connectivity index (χ3v) is 4.69. The van der Waals surface area contributed by atoms with Crippen LogP contribution < -0.4 is 14.8 Å². The molecule has 2 heterocycles. The van der Waals surface area contributed by atoms with Gasteiger partial charge in [0, 0.05) is 0 Å². The summed E-state index contributed by atoms with van der Waals surface area (Å²) in [4.78, 5) is 17.0. The number of fused-ring (bicyclic) bond motifs is 3. The molecule has 1 aliphatic heterocycles. The van der Waals surface area contributed by atoms with Crippen molar-refractivity contribution in [2.45, 2.75) is 6.04 Å². The Morgan fingerprint density at radius 3 is 2.52 bits per heavy atom. The first-order valence-electron chi connectivity index (χ1n) is 8.21. The number of rotatable bonds is 3. The van der Waals surface area contributed by atoms with Crippen LogP contribution in [0.3, 0.4) is 0 Å². The molecule has 2 atom stereocenters. The van der Waals surface area contributed by atoms with Gasteiger partial charge in [0.1, 0.15) is 0 Å². The Labute approximate surface area is 154 Å². The van der Waals surface area contributed by atoms with E-state index in [1.165, 1.54) is 14.2 Å². The number of carbonyl (C=O) groups excluding carboxylic acids is 1. The highest BCUT2D eigenvalue weighted by Gasteiger charge is 2.39. The number of imidazole rings is 1. The molecule has 0 spiro atoms. The molecular formula is C19H16N4O4. The molecule has 0 radical (unpaired) electrons. The highest BCUT2D eigenvalue weighted by Crippen LogP contribution is 2.44. The van der Waals surface area contributed by atoms with Crippen molar-refractivity contribution in [3.8, 4) is 23.3 Å². The summed E-state index contributed by atoms with van der Waals surface area (Å²) in [7, 11) is 2.84. The second kappa shape index (κ2) is 6.21. The number of amides is 1. The van der Waals surface area contributed by atoms with E-state index in [2.05, 4.69) is 16.4 Å². The quantitative estimate of drug-likeness (QED) is 0.739. The van der Waals surface area contributed by atoms with Crippen molar-refractivity contribution in [3.05, 3.63) is 42.0 Å². The molecule has 3 aromatic rings. The molecule has 0 fully saturated rings. The summed E-state index contributed by atoms with van der Waals surface area (Å²) < 4.78 is 12.3. The molecule has 1 amide bonds. The van der Waals surface area contributed by atoms with Gasteiger partial charge in [-0.1, -0.05) is 12.1 Å². The zero-order chi connectivity index (χ0) is 19.1. The lowest BCUT2D eigenvalue weighted by molar-refractivity contribution is -0.119. The van der Waals surface area contributed by atoms with Crippen LogP contribution in [-0.2, 0) is 4.79 Å². The Morgan fingerprint density at radius 2 is 1.89 bits per heavy atom. The van der Waals surface area contributed by atoms with Crippen molar-refractivity contribution in [1.29, 1.82) is 5.26 Å². The summed E-state index contributed by atoms with van der Waals surface area (Å²) >= 11 is 0. The molecule has 0 saturated carbocycles. The lowest BCUT2D eigenvalue weighted by Crippen LogP contribution is -2.37. The van der Waals surface area contributed by atoms with Gasteiger partial charge in [-0.2, -0.15) is 5.26 Å². The van der Waals surface area contributed by atoms with Gasteiger partial charge in [-0.25, -0.2) is 4.98 Å². The van der Waals surface area contributed by atoms with Crippen LogP contribution in [0.15, 0.2) is 36.4 Å². The molecule has 2 aromatic carbocycles. The molecule has 27 heavy (non-hydrogen) atoms. The molecule has 0 aliphatic carbocycles. The zero-order valence-electron chi connectivity index (χ0n) is 14.6. The molecule has 4 rings (SSSR count). The van der Waals surface area contributed by atoms with E-state index in [9.17, 15) is 15.2 Å². The van der Waals surface area contributed by atoms with Crippen LogP contribution in [-0.4, -0.2) is 34.8 Å². The van der Waals surface area contributed by atoms with Crippen LogP contribution in [0.4, 0.5) is 5.95 Å². The maximum atomic E-state index is 12.5. The highest BCUT2D eigenvalue weighted by atomic mass is 16.5. The number of hydrogen-bond donors (Lipinski definition) is 2. The molecule has 0 saturated heterocycles. The summed E-state index contributed by atoms with van der Waals surface area (Å²) in [5, 5.41) is 22.6. The van der Waals surface area contributed by atoms with Gasteiger partial charge < -0.3 is 19.1 Å². The van der Waals surface area contributed by atoms with Gasteiger partial charge in [0.25, 0.3) is 0 Å². The van der Waals surface area contributed by atoms with Crippen molar-refractivity contribution in [3.63, 3.8) is 0 Å². The Kier molecular flexibility index (Phi) is 3.85. The van der Waals surface area contributed by atoms with Crippen LogP contribution in [0.5, 0.6) is 17.2 Å². The number of benzene rings is 2. The average Bonchev–Trinajstić information content (AvgIpc) is 3.04. The largest absolute Gasteiger partial charge is 0.502 e. The van der Waals surface area contributed by atoms with Crippen LogP contribution in [0.25, 0.3) is 11.0 Å². The number of ether oxygens (including phenoxy) is 2. The minimum atomic E-state index is -0.992. The van der Waals surface area contributed by atoms with E-state index in [0.29, 0.717) is 17.0 Å². The lowest BCUT2D eigenvalue weighted by Gasteiger charge is -2.30. The van der Waals surface area contributed by atoms with E-state index in [4.69, 9.17) is 9.47 Å². The van der Waals surface area contributed by atoms with Crippen molar-refractivity contribution < 1.29 is 19.4 Å². The Morgan fingerprint density at radius 1 is 1.22 bits per heavy atom. The van der Waals surface area contributed by atoms with Gasteiger partial charge in [0.05, 0.1) is 37.4 Å². The SMILES string of the molecule is COc1cc([C@@H]2[C@@H](C#N)C(=O)Nc3nc4ccccc4n32)cc(OC)c1O. The summed E-state index contributed by atoms with van der Waals surface area (Å²) in [5.74, 6) is -0.821. The Balaban J connectivity index is 2.02. The first-order valence-corrected chi connectivity index (χ1v) is 8.21. The number of nitrogens with zero attached hydrogens (tertiary/aromatic N) is 3. The summed E-state index contributed by atoms with van der Waals surface area (Å²) in [6.45, 7) is 0. The molecule has 8 nitrogen and oxygen atoms in total. The predicted octanol–water partition coefficient (Wildman–Crippen LogP) is 2.44. The molecule has 1 aromatic heterocycles. The molecule has 136 valence electrons. The normalized spacial score (nSPS) is 18.5. The van der Waals surface area contributed by atoms with Gasteiger partial charge >= 0.3 is 0 Å². The first-order chi connectivity index (χ1) is 13.1. The number of carbonyl (C=O) groups is 1.